The van der Waals surface area contributed by atoms with Crippen molar-refractivity contribution in [3.8, 4) is 0 Å². The number of hydrogen-bond acceptors (Lipinski definition) is 2. The van der Waals surface area contributed by atoms with Crippen molar-refractivity contribution in [1.29, 1.82) is 0 Å². The van der Waals surface area contributed by atoms with E-state index in [1.165, 1.54) is 11.1 Å². The maximum atomic E-state index is 12.7. The smallest absolute Gasteiger partial charge is 0.407 e. The molecular weight excluding hydrogens is 329 g/mol. The van der Waals surface area contributed by atoms with E-state index in [1.807, 2.05) is 57.2 Å². The number of fused-ring (bicyclic) bond motifs is 1. The highest BCUT2D eigenvalue weighted by molar-refractivity contribution is 5.68. The van der Waals surface area contributed by atoms with E-state index in [0.29, 0.717) is 5.56 Å². The van der Waals surface area contributed by atoms with E-state index in [-0.39, 0.29) is 18.1 Å². The number of halogens is 1. The second-order valence-corrected chi connectivity index (χ2v) is 7.92. The van der Waals surface area contributed by atoms with Crippen molar-refractivity contribution in [2.75, 3.05) is 0 Å². The fourth-order valence-electron chi connectivity index (χ4n) is 3.56. The van der Waals surface area contributed by atoms with Crippen LogP contribution >= 0.6 is 0 Å². The van der Waals surface area contributed by atoms with Gasteiger partial charge in [0.25, 0.3) is 0 Å². The number of carbonyl (C=O) groups excluding carboxylic acids is 1. The molecular formula is C22H26FNO2. The van der Waals surface area contributed by atoms with Crippen molar-refractivity contribution in [2.24, 2.45) is 0 Å². The van der Waals surface area contributed by atoms with Crippen molar-refractivity contribution in [3.63, 3.8) is 0 Å². The highest BCUT2D eigenvalue weighted by atomic mass is 19.1. The van der Waals surface area contributed by atoms with Gasteiger partial charge in [-0.2, -0.15) is 0 Å². The fraction of sp³-hybridized carbons (Fsp3) is 0.409. The van der Waals surface area contributed by atoms with Gasteiger partial charge in [0.15, 0.2) is 0 Å². The quantitative estimate of drug-likeness (QED) is 0.844. The Kier molecular flexibility index (Phi) is 5.30. The zero-order valence-electron chi connectivity index (χ0n) is 15.6. The molecule has 0 bridgehead atoms. The Hall–Kier alpha value is -2.36. The van der Waals surface area contributed by atoms with Gasteiger partial charge in [-0.3, -0.25) is 0 Å². The molecule has 2 aromatic carbocycles. The zero-order chi connectivity index (χ0) is 18.7. The molecule has 0 saturated heterocycles. The van der Waals surface area contributed by atoms with Crippen LogP contribution in [-0.2, 0) is 24.3 Å². The maximum Gasteiger partial charge on any atom is 0.407 e. The summed E-state index contributed by atoms with van der Waals surface area (Å²) >= 11 is 0. The third kappa shape index (κ3) is 4.43. The summed E-state index contributed by atoms with van der Waals surface area (Å²) in [7, 11) is 0. The largest absolute Gasteiger partial charge is 0.444 e. The summed E-state index contributed by atoms with van der Waals surface area (Å²) in [5.41, 5.74) is 3.83. The average molecular weight is 355 g/mol. The minimum absolute atomic E-state index is 0.0110. The first-order chi connectivity index (χ1) is 12.4. The first-order valence-corrected chi connectivity index (χ1v) is 9.07. The Balaban J connectivity index is 1.78. The summed E-state index contributed by atoms with van der Waals surface area (Å²) in [5.74, 6) is 0.176. The van der Waals surface area contributed by atoms with E-state index in [4.69, 9.17) is 4.74 Å². The van der Waals surface area contributed by atoms with Gasteiger partial charge in [-0.1, -0.05) is 48.5 Å². The summed E-state index contributed by atoms with van der Waals surface area (Å²) in [6.07, 6.45) is 1.21. The predicted molar refractivity (Wildman–Crippen MR) is 101 cm³/mol. The van der Waals surface area contributed by atoms with Gasteiger partial charge in [0.2, 0.25) is 0 Å². The molecule has 0 spiro atoms. The highest BCUT2D eigenvalue weighted by Gasteiger charge is 2.34. The Morgan fingerprint density at radius 2 is 1.77 bits per heavy atom. The SMILES string of the molecule is CC(C)(C)OC(=O)N[C@H]1Cc2ccccc2[C@H]1Cc1ccc(CF)cc1. The van der Waals surface area contributed by atoms with E-state index < -0.39 is 12.3 Å². The number of ether oxygens (including phenoxy) is 1. The summed E-state index contributed by atoms with van der Waals surface area (Å²) in [5, 5.41) is 3.05. The molecule has 0 heterocycles. The van der Waals surface area contributed by atoms with Crippen molar-refractivity contribution < 1.29 is 13.9 Å². The second-order valence-electron chi connectivity index (χ2n) is 7.92. The monoisotopic (exact) mass is 355 g/mol. The third-order valence-corrected chi connectivity index (χ3v) is 4.72. The predicted octanol–water partition coefficient (Wildman–Crippen LogP) is 4.93. The Labute approximate surface area is 154 Å². The minimum Gasteiger partial charge on any atom is -0.444 e. The number of nitrogens with one attached hydrogen (secondary N) is 1. The van der Waals surface area contributed by atoms with Crippen LogP contribution in [0.15, 0.2) is 48.5 Å². The van der Waals surface area contributed by atoms with Crippen molar-refractivity contribution in [3.05, 3.63) is 70.8 Å². The molecule has 2 aromatic rings. The van der Waals surface area contributed by atoms with Gasteiger partial charge in [0.05, 0.1) is 0 Å². The Morgan fingerprint density at radius 3 is 2.42 bits per heavy atom. The van der Waals surface area contributed by atoms with Crippen LogP contribution in [0.3, 0.4) is 0 Å². The average Bonchev–Trinajstić information content (AvgIpc) is 2.91. The molecule has 0 fully saturated rings. The van der Waals surface area contributed by atoms with Crippen molar-refractivity contribution in [1.82, 2.24) is 5.32 Å². The van der Waals surface area contributed by atoms with Crippen LogP contribution in [0.5, 0.6) is 0 Å². The van der Waals surface area contributed by atoms with Crippen molar-refractivity contribution >= 4 is 6.09 Å². The van der Waals surface area contributed by atoms with Gasteiger partial charge < -0.3 is 10.1 Å². The molecule has 1 N–H and O–H groups in total. The Bertz CT molecular complexity index is 764. The van der Waals surface area contributed by atoms with E-state index in [9.17, 15) is 9.18 Å². The lowest BCUT2D eigenvalue weighted by atomic mass is 9.90. The summed E-state index contributed by atoms with van der Waals surface area (Å²) in [6.45, 7) is 5.13. The third-order valence-electron chi connectivity index (χ3n) is 4.72. The lowest BCUT2D eigenvalue weighted by molar-refractivity contribution is 0.0499. The molecule has 0 aliphatic heterocycles. The number of rotatable bonds is 4. The van der Waals surface area contributed by atoms with Gasteiger partial charge in [-0.05, 0) is 55.9 Å². The van der Waals surface area contributed by atoms with Gasteiger partial charge in [-0.25, -0.2) is 9.18 Å². The summed E-state index contributed by atoms with van der Waals surface area (Å²) < 4.78 is 18.2. The number of alkyl carbamates (subject to hydrolysis) is 1. The lowest BCUT2D eigenvalue weighted by Gasteiger charge is -2.25. The lowest BCUT2D eigenvalue weighted by Crippen LogP contribution is -2.41. The molecule has 1 amide bonds. The molecule has 1 aliphatic carbocycles. The number of carbonyl (C=O) groups is 1. The number of amides is 1. The molecule has 2 atom stereocenters. The molecule has 4 heteroatoms. The fourth-order valence-corrected chi connectivity index (χ4v) is 3.56. The zero-order valence-corrected chi connectivity index (χ0v) is 15.6. The number of benzene rings is 2. The number of alkyl halides is 1. The van der Waals surface area contributed by atoms with Gasteiger partial charge in [-0.15, -0.1) is 0 Å². The van der Waals surface area contributed by atoms with Gasteiger partial charge >= 0.3 is 6.09 Å². The van der Waals surface area contributed by atoms with Crippen LogP contribution in [0.25, 0.3) is 0 Å². The summed E-state index contributed by atoms with van der Waals surface area (Å²) in [6, 6.07) is 15.9. The topological polar surface area (TPSA) is 38.3 Å². The maximum absolute atomic E-state index is 12.7. The standard InChI is InChI=1S/C22H26FNO2/c1-22(2,3)26-21(25)24-20-13-17-6-4-5-7-18(17)19(20)12-15-8-10-16(14-23)11-9-15/h4-11,19-20H,12-14H2,1-3H3,(H,24,25)/t19-,20+/m1/s1. The van der Waals surface area contributed by atoms with Crippen LogP contribution in [0.4, 0.5) is 9.18 Å². The van der Waals surface area contributed by atoms with Crippen LogP contribution in [0.1, 0.15) is 48.9 Å². The van der Waals surface area contributed by atoms with Crippen LogP contribution in [0.2, 0.25) is 0 Å². The molecule has 0 radical (unpaired) electrons. The normalized spacial score (nSPS) is 19.1. The van der Waals surface area contributed by atoms with Gasteiger partial charge in [0.1, 0.15) is 12.3 Å². The second kappa shape index (κ2) is 7.48. The molecule has 0 aromatic heterocycles. The highest BCUT2D eigenvalue weighted by Crippen LogP contribution is 2.36. The van der Waals surface area contributed by atoms with E-state index in [0.717, 1.165) is 18.4 Å². The molecule has 3 nitrogen and oxygen atoms in total. The first-order valence-electron chi connectivity index (χ1n) is 9.07. The van der Waals surface area contributed by atoms with Crippen LogP contribution in [0, 0.1) is 0 Å². The first kappa shape index (κ1) is 18.4. The minimum atomic E-state index is -0.521. The summed E-state index contributed by atoms with van der Waals surface area (Å²) in [4.78, 5) is 12.3. The number of hydrogen-bond donors (Lipinski definition) is 1. The molecule has 26 heavy (non-hydrogen) atoms. The molecule has 138 valence electrons. The van der Waals surface area contributed by atoms with E-state index in [2.05, 4.69) is 17.4 Å². The van der Waals surface area contributed by atoms with Crippen LogP contribution < -0.4 is 5.32 Å². The Morgan fingerprint density at radius 1 is 1.12 bits per heavy atom. The van der Waals surface area contributed by atoms with Crippen LogP contribution in [-0.4, -0.2) is 17.7 Å². The van der Waals surface area contributed by atoms with Crippen molar-refractivity contribution in [2.45, 2.75) is 57.8 Å². The van der Waals surface area contributed by atoms with Gasteiger partial charge in [0, 0.05) is 12.0 Å². The molecule has 0 unspecified atom stereocenters. The molecule has 1 aliphatic rings. The van der Waals surface area contributed by atoms with E-state index in [1.54, 1.807) is 0 Å². The molecule has 3 rings (SSSR count). The molecule has 0 saturated carbocycles. The van der Waals surface area contributed by atoms with E-state index >= 15 is 0 Å².